The van der Waals surface area contributed by atoms with Crippen molar-refractivity contribution in [2.75, 3.05) is 31.5 Å². The molecule has 2 aliphatic heterocycles. The van der Waals surface area contributed by atoms with Crippen molar-refractivity contribution in [3.8, 4) is 0 Å². The molecule has 0 radical (unpaired) electrons. The van der Waals surface area contributed by atoms with Gasteiger partial charge in [-0.25, -0.2) is 0 Å². The summed E-state index contributed by atoms with van der Waals surface area (Å²) in [6.45, 7) is 2.97. The van der Waals surface area contributed by atoms with Gasteiger partial charge < -0.3 is 15.1 Å². The maximum absolute atomic E-state index is 12.8. The van der Waals surface area contributed by atoms with Gasteiger partial charge in [0, 0.05) is 48.9 Å². The first-order valence-electron chi connectivity index (χ1n) is 10.7. The first kappa shape index (κ1) is 20.1. The van der Waals surface area contributed by atoms with E-state index in [1.54, 1.807) is 36.4 Å². The molecule has 0 aromatic heterocycles. The van der Waals surface area contributed by atoms with Crippen LogP contribution in [0.3, 0.4) is 0 Å². The largest absolute Gasteiger partial charge is 0.342 e. The van der Waals surface area contributed by atoms with Crippen LogP contribution in [0.4, 0.5) is 5.69 Å². The Morgan fingerprint density at radius 1 is 0.733 bits per heavy atom. The highest BCUT2D eigenvalue weighted by Gasteiger charge is 2.31. The standard InChI is InChI=1S/C24H27N3O3/c28-22(18-6-2-1-3-7-18)25-21-10-8-19(9-11-21)23(29)27-16-12-20(13-17-27)24(30)26-14-4-5-15-26/h1-3,6-11,20H,4-5,12-17H2,(H,25,28). The molecule has 30 heavy (non-hydrogen) atoms. The number of hydrogen-bond acceptors (Lipinski definition) is 3. The Kier molecular flexibility index (Phi) is 6.12. The number of nitrogens with one attached hydrogen (secondary N) is 1. The highest BCUT2D eigenvalue weighted by atomic mass is 16.2. The van der Waals surface area contributed by atoms with Crippen molar-refractivity contribution >= 4 is 23.4 Å². The molecule has 0 atom stereocenters. The lowest BCUT2D eigenvalue weighted by molar-refractivity contribution is -0.135. The molecule has 4 rings (SSSR count). The maximum Gasteiger partial charge on any atom is 0.255 e. The summed E-state index contributed by atoms with van der Waals surface area (Å²) in [4.78, 5) is 41.4. The normalized spacial score (nSPS) is 17.1. The van der Waals surface area contributed by atoms with Gasteiger partial charge in [-0.3, -0.25) is 14.4 Å². The van der Waals surface area contributed by atoms with Crippen LogP contribution in [0, 0.1) is 5.92 Å². The lowest BCUT2D eigenvalue weighted by Gasteiger charge is -2.33. The lowest BCUT2D eigenvalue weighted by Crippen LogP contribution is -2.43. The Hall–Kier alpha value is -3.15. The topological polar surface area (TPSA) is 69.7 Å². The van der Waals surface area contributed by atoms with Crippen molar-refractivity contribution in [2.45, 2.75) is 25.7 Å². The molecular weight excluding hydrogens is 378 g/mol. The maximum atomic E-state index is 12.8. The Morgan fingerprint density at radius 2 is 1.37 bits per heavy atom. The number of carbonyl (C=O) groups excluding carboxylic acids is 3. The summed E-state index contributed by atoms with van der Waals surface area (Å²) in [7, 11) is 0. The van der Waals surface area contributed by atoms with Crippen LogP contribution < -0.4 is 5.32 Å². The number of hydrogen-bond donors (Lipinski definition) is 1. The zero-order valence-electron chi connectivity index (χ0n) is 17.0. The molecule has 6 heteroatoms. The molecule has 2 heterocycles. The Balaban J connectivity index is 1.31. The number of anilines is 1. The second kappa shape index (κ2) is 9.11. The van der Waals surface area contributed by atoms with Gasteiger partial charge in [0.15, 0.2) is 0 Å². The molecule has 2 aromatic rings. The summed E-state index contributed by atoms with van der Waals surface area (Å²) in [5.74, 6) is 0.100. The van der Waals surface area contributed by atoms with Crippen LogP contribution >= 0.6 is 0 Å². The third kappa shape index (κ3) is 4.53. The van der Waals surface area contributed by atoms with Gasteiger partial charge in [-0.1, -0.05) is 18.2 Å². The summed E-state index contributed by atoms with van der Waals surface area (Å²) in [5, 5.41) is 2.84. The average molecular weight is 405 g/mol. The fourth-order valence-electron chi connectivity index (χ4n) is 4.20. The number of nitrogens with zero attached hydrogens (tertiary/aromatic N) is 2. The molecule has 0 bridgehead atoms. The van der Waals surface area contributed by atoms with E-state index in [0.29, 0.717) is 29.9 Å². The zero-order valence-corrected chi connectivity index (χ0v) is 17.0. The van der Waals surface area contributed by atoms with Crippen LogP contribution in [-0.2, 0) is 4.79 Å². The summed E-state index contributed by atoms with van der Waals surface area (Å²) < 4.78 is 0. The van der Waals surface area contributed by atoms with Gasteiger partial charge in [-0.05, 0) is 62.1 Å². The molecule has 0 aliphatic carbocycles. The van der Waals surface area contributed by atoms with Gasteiger partial charge in [-0.15, -0.1) is 0 Å². The van der Waals surface area contributed by atoms with Crippen LogP contribution in [0.25, 0.3) is 0 Å². The molecule has 2 aromatic carbocycles. The average Bonchev–Trinajstić information content (AvgIpc) is 3.34. The van der Waals surface area contributed by atoms with Crippen molar-refractivity contribution in [1.29, 1.82) is 0 Å². The SMILES string of the molecule is O=C(Nc1ccc(C(=O)N2CCC(C(=O)N3CCCC3)CC2)cc1)c1ccccc1. The van der Waals surface area contributed by atoms with E-state index < -0.39 is 0 Å². The van der Waals surface area contributed by atoms with Crippen molar-refractivity contribution < 1.29 is 14.4 Å². The first-order valence-corrected chi connectivity index (χ1v) is 10.7. The molecule has 3 amide bonds. The minimum Gasteiger partial charge on any atom is -0.342 e. The monoisotopic (exact) mass is 405 g/mol. The molecular formula is C24H27N3O3. The van der Waals surface area contributed by atoms with E-state index in [1.807, 2.05) is 28.0 Å². The van der Waals surface area contributed by atoms with E-state index in [4.69, 9.17) is 0 Å². The van der Waals surface area contributed by atoms with Gasteiger partial charge in [0.1, 0.15) is 0 Å². The molecule has 0 saturated carbocycles. The minimum absolute atomic E-state index is 0.0250. The fraction of sp³-hybridized carbons (Fsp3) is 0.375. The van der Waals surface area contributed by atoms with E-state index in [-0.39, 0.29) is 23.6 Å². The number of benzene rings is 2. The van der Waals surface area contributed by atoms with Gasteiger partial charge in [0.25, 0.3) is 11.8 Å². The molecule has 0 unspecified atom stereocenters. The van der Waals surface area contributed by atoms with Crippen LogP contribution in [0.2, 0.25) is 0 Å². The van der Waals surface area contributed by atoms with Gasteiger partial charge in [0.05, 0.1) is 0 Å². The quantitative estimate of drug-likeness (QED) is 0.847. The number of amides is 3. The number of rotatable bonds is 4. The van der Waals surface area contributed by atoms with Gasteiger partial charge >= 0.3 is 0 Å². The second-order valence-corrected chi connectivity index (χ2v) is 8.00. The fourth-order valence-corrected chi connectivity index (χ4v) is 4.20. The van der Waals surface area contributed by atoms with Crippen molar-refractivity contribution in [3.05, 3.63) is 65.7 Å². The molecule has 2 fully saturated rings. The highest BCUT2D eigenvalue weighted by Crippen LogP contribution is 2.23. The number of piperidine rings is 1. The van der Waals surface area contributed by atoms with Gasteiger partial charge in [0.2, 0.25) is 5.91 Å². The van der Waals surface area contributed by atoms with Crippen LogP contribution in [-0.4, -0.2) is 53.7 Å². The third-order valence-corrected chi connectivity index (χ3v) is 5.97. The van der Waals surface area contributed by atoms with E-state index >= 15 is 0 Å². The van der Waals surface area contributed by atoms with E-state index in [1.165, 1.54) is 0 Å². The van der Waals surface area contributed by atoms with E-state index in [2.05, 4.69) is 5.32 Å². The van der Waals surface area contributed by atoms with Crippen LogP contribution in [0.15, 0.2) is 54.6 Å². The summed E-state index contributed by atoms with van der Waals surface area (Å²) in [6, 6.07) is 16.0. The molecule has 156 valence electrons. The second-order valence-electron chi connectivity index (χ2n) is 8.00. The Morgan fingerprint density at radius 3 is 2.00 bits per heavy atom. The van der Waals surface area contributed by atoms with Crippen molar-refractivity contribution in [2.24, 2.45) is 5.92 Å². The molecule has 2 saturated heterocycles. The molecule has 6 nitrogen and oxygen atoms in total. The number of carbonyl (C=O) groups is 3. The predicted molar refractivity (Wildman–Crippen MR) is 115 cm³/mol. The van der Waals surface area contributed by atoms with Crippen LogP contribution in [0.5, 0.6) is 0 Å². The number of likely N-dealkylation sites (tertiary alicyclic amines) is 2. The smallest absolute Gasteiger partial charge is 0.255 e. The summed E-state index contributed by atoms with van der Waals surface area (Å²) >= 11 is 0. The van der Waals surface area contributed by atoms with E-state index in [0.717, 1.165) is 38.8 Å². The van der Waals surface area contributed by atoms with E-state index in [9.17, 15) is 14.4 Å². The Bertz CT molecular complexity index is 897. The Labute approximate surface area is 176 Å². The van der Waals surface area contributed by atoms with Crippen molar-refractivity contribution in [3.63, 3.8) is 0 Å². The zero-order chi connectivity index (χ0) is 20.9. The minimum atomic E-state index is -0.181. The first-order chi connectivity index (χ1) is 14.6. The third-order valence-electron chi connectivity index (χ3n) is 5.97. The highest BCUT2D eigenvalue weighted by molar-refractivity contribution is 6.04. The molecule has 0 spiro atoms. The molecule has 2 aliphatic rings. The summed E-state index contributed by atoms with van der Waals surface area (Å²) in [5.41, 5.74) is 1.83. The predicted octanol–water partition coefficient (Wildman–Crippen LogP) is 3.41. The molecule has 1 N–H and O–H groups in total. The van der Waals surface area contributed by atoms with Gasteiger partial charge in [-0.2, -0.15) is 0 Å². The summed E-state index contributed by atoms with van der Waals surface area (Å²) in [6.07, 6.45) is 3.66. The lowest BCUT2D eigenvalue weighted by atomic mass is 9.95. The van der Waals surface area contributed by atoms with Crippen molar-refractivity contribution in [1.82, 2.24) is 9.80 Å². The van der Waals surface area contributed by atoms with Crippen LogP contribution in [0.1, 0.15) is 46.4 Å².